The number of nitrogens with zero attached hydrogens (tertiary/aromatic N) is 3. The van der Waals surface area contributed by atoms with Crippen LogP contribution in [0.2, 0.25) is 0 Å². The number of aliphatic hydroxyl groups is 1. The Morgan fingerprint density at radius 2 is 2.19 bits per heavy atom. The molecule has 21 heavy (non-hydrogen) atoms. The maximum Gasteiger partial charge on any atom is 0.233 e. The monoisotopic (exact) mass is 305 g/mol. The maximum atomic E-state index is 12.1. The molecular weight excluding hydrogens is 286 g/mol. The van der Waals surface area contributed by atoms with Gasteiger partial charge in [-0.3, -0.25) is 4.79 Å². The lowest BCUT2D eigenvalue weighted by molar-refractivity contribution is -0.127. The van der Waals surface area contributed by atoms with Crippen LogP contribution in [0.4, 0.5) is 0 Å². The highest BCUT2D eigenvalue weighted by Crippen LogP contribution is 2.19. The zero-order chi connectivity index (χ0) is 15.7. The molecule has 0 aromatic carbocycles. The van der Waals surface area contributed by atoms with Gasteiger partial charge in [-0.25, -0.2) is 4.98 Å². The van der Waals surface area contributed by atoms with Gasteiger partial charge >= 0.3 is 0 Å². The SMILES string of the molecule is C#CCn1c(CO)cnc1SCC(=O)N(CC=C)CC=C. The lowest BCUT2D eigenvalue weighted by Crippen LogP contribution is -2.32. The van der Waals surface area contributed by atoms with Crippen molar-refractivity contribution >= 4 is 17.7 Å². The van der Waals surface area contributed by atoms with Crippen LogP contribution in [0.25, 0.3) is 0 Å². The van der Waals surface area contributed by atoms with Crippen molar-refractivity contribution in [1.29, 1.82) is 0 Å². The molecule has 0 radical (unpaired) electrons. The Morgan fingerprint density at radius 3 is 2.71 bits per heavy atom. The summed E-state index contributed by atoms with van der Waals surface area (Å²) in [7, 11) is 0. The van der Waals surface area contributed by atoms with Crippen molar-refractivity contribution in [1.82, 2.24) is 14.5 Å². The lowest BCUT2D eigenvalue weighted by atomic mass is 10.4. The Morgan fingerprint density at radius 1 is 1.52 bits per heavy atom. The number of aliphatic hydroxyl groups excluding tert-OH is 1. The van der Waals surface area contributed by atoms with Gasteiger partial charge < -0.3 is 14.6 Å². The third-order valence-corrected chi connectivity index (χ3v) is 3.66. The van der Waals surface area contributed by atoms with Crippen LogP contribution >= 0.6 is 11.8 Å². The van der Waals surface area contributed by atoms with Crippen LogP contribution in [0, 0.1) is 12.3 Å². The van der Waals surface area contributed by atoms with Crippen LogP contribution in [0.15, 0.2) is 36.7 Å². The summed E-state index contributed by atoms with van der Waals surface area (Å²) in [4.78, 5) is 18.0. The first-order chi connectivity index (χ1) is 10.2. The van der Waals surface area contributed by atoms with E-state index in [2.05, 4.69) is 24.1 Å². The molecule has 1 aromatic rings. The zero-order valence-corrected chi connectivity index (χ0v) is 12.7. The summed E-state index contributed by atoms with van der Waals surface area (Å²) in [6.45, 7) is 8.40. The van der Waals surface area contributed by atoms with Gasteiger partial charge in [-0.05, 0) is 0 Å². The second kappa shape index (κ2) is 9.06. The molecule has 6 heteroatoms. The molecule has 1 rings (SSSR count). The minimum atomic E-state index is -0.137. The highest BCUT2D eigenvalue weighted by molar-refractivity contribution is 7.99. The molecule has 0 saturated heterocycles. The zero-order valence-electron chi connectivity index (χ0n) is 11.9. The molecule has 112 valence electrons. The van der Waals surface area contributed by atoms with Gasteiger partial charge in [-0.1, -0.05) is 29.8 Å². The average molecular weight is 305 g/mol. The van der Waals surface area contributed by atoms with Gasteiger partial charge in [0, 0.05) is 13.1 Å². The van der Waals surface area contributed by atoms with Gasteiger partial charge in [0.2, 0.25) is 5.91 Å². The molecular formula is C15H19N3O2S. The number of imidazole rings is 1. The van der Waals surface area contributed by atoms with Crippen molar-refractivity contribution in [2.24, 2.45) is 0 Å². The molecule has 1 aromatic heterocycles. The van der Waals surface area contributed by atoms with E-state index < -0.39 is 0 Å². The molecule has 0 aliphatic carbocycles. The molecule has 1 heterocycles. The first-order valence-electron chi connectivity index (χ1n) is 6.39. The van der Waals surface area contributed by atoms with Gasteiger partial charge in [0.05, 0.1) is 30.8 Å². The highest BCUT2D eigenvalue weighted by Gasteiger charge is 2.14. The number of thioether (sulfide) groups is 1. The Hall–Kier alpha value is -1.97. The van der Waals surface area contributed by atoms with Gasteiger partial charge in [-0.2, -0.15) is 0 Å². The molecule has 1 amide bonds. The molecule has 1 N–H and O–H groups in total. The van der Waals surface area contributed by atoms with Crippen molar-refractivity contribution < 1.29 is 9.90 Å². The van der Waals surface area contributed by atoms with E-state index in [1.54, 1.807) is 27.8 Å². The molecule has 0 spiro atoms. The first kappa shape index (κ1) is 17.1. The van der Waals surface area contributed by atoms with Crippen molar-refractivity contribution in [3.63, 3.8) is 0 Å². The fourth-order valence-electron chi connectivity index (χ4n) is 1.70. The highest BCUT2D eigenvalue weighted by atomic mass is 32.2. The topological polar surface area (TPSA) is 58.4 Å². The van der Waals surface area contributed by atoms with E-state index in [4.69, 9.17) is 6.42 Å². The number of aromatic nitrogens is 2. The molecule has 5 nitrogen and oxygen atoms in total. The lowest BCUT2D eigenvalue weighted by Gasteiger charge is -2.18. The van der Waals surface area contributed by atoms with E-state index in [0.717, 1.165) is 0 Å². The van der Waals surface area contributed by atoms with E-state index in [1.165, 1.54) is 11.8 Å². The molecule has 0 atom stereocenters. The number of hydrogen-bond donors (Lipinski definition) is 1. The summed E-state index contributed by atoms with van der Waals surface area (Å²) >= 11 is 1.30. The predicted molar refractivity (Wildman–Crippen MR) is 84.7 cm³/mol. The standard InChI is InChI=1S/C15H19N3O2S/c1-4-7-17(8-5-2)14(20)12-21-15-16-10-13(11-19)18(15)9-6-3/h3-5,10,19H,1-2,7-9,11-12H2. The fourth-order valence-corrected chi connectivity index (χ4v) is 2.60. The first-order valence-corrected chi connectivity index (χ1v) is 7.37. The fraction of sp³-hybridized carbons (Fsp3) is 0.333. The Bertz CT molecular complexity index is 536. The number of amides is 1. The third-order valence-electron chi connectivity index (χ3n) is 2.69. The summed E-state index contributed by atoms with van der Waals surface area (Å²) in [5.74, 6) is 2.73. The maximum absolute atomic E-state index is 12.1. The number of terminal acetylenes is 1. The van der Waals surface area contributed by atoms with E-state index >= 15 is 0 Å². The van der Waals surface area contributed by atoms with Crippen molar-refractivity contribution in [3.05, 3.63) is 37.2 Å². The minimum Gasteiger partial charge on any atom is -0.390 e. The summed E-state index contributed by atoms with van der Waals surface area (Å²) in [6, 6.07) is 0. The van der Waals surface area contributed by atoms with Crippen molar-refractivity contribution in [2.75, 3.05) is 18.8 Å². The molecule has 0 saturated carbocycles. The van der Waals surface area contributed by atoms with Crippen molar-refractivity contribution in [2.45, 2.75) is 18.3 Å². The molecule has 0 fully saturated rings. The predicted octanol–water partition coefficient (Wildman–Crippen LogP) is 1.30. The van der Waals surface area contributed by atoms with Crippen LogP contribution in [0.3, 0.4) is 0 Å². The summed E-state index contributed by atoms with van der Waals surface area (Å²) in [5.41, 5.74) is 0.636. The van der Waals surface area contributed by atoms with Crippen LogP contribution in [-0.2, 0) is 17.9 Å². The molecule has 0 aliphatic heterocycles. The van der Waals surface area contributed by atoms with Crippen LogP contribution in [0.5, 0.6) is 0 Å². The molecule has 0 bridgehead atoms. The number of carbonyl (C=O) groups is 1. The third kappa shape index (κ3) is 4.81. The molecule has 0 aliphatic rings. The van der Waals surface area contributed by atoms with Gasteiger partial charge in [0.15, 0.2) is 5.16 Å². The van der Waals surface area contributed by atoms with E-state index in [9.17, 15) is 9.90 Å². The Kier molecular flexibility index (Phi) is 7.37. The number of carbonyl (C=O) groups excluding carboxylic acids is 1. The minimum absolute atomic E-state index is 0.0272. The quantitative estimate of drug-likeness (QED) is 0.424. The summed E-state index contributed by atoms with van der Waals surface area (Å²) in [5, 5.41) is 9.86. The molecule has 0 unspecified atom stereocenters. The van der Waals surface area contributed by atoms with Gasteiger partial charge in [0.1, 0.15) is 0 Å². The van der Waals surface area contributed by atoms with Gasteiger partial charge in [-0.15, -0.1) is 19.6 Å². The van der Waals surface area contributed by atoms with Crippen LogP contribution in [-0.4, -0.2) is 44.3 Å². The second-order valence-corrected chi connectivity index (χ2v) is 5.09. The van der Waals surface area contributed by atoms with Crippen LogP contribution in [0.1, 0.15) is 5.69 Å². The average Bonchev–Trinajstić information content (AvgIpc) is 2.87. The van der Waals surface area contributed by atoms with Crippen LogP contribution < -0.4 is 0 Å². The Labute approximate surface area is 129 Å². The van der Waals surface area contributed by atoms with Gasteiger partial charge in [0.25, 0.3) is 0 Å². The summed E-state index contributed by atoms with van der Waals surface area (Å²) in [6.07, 6.45) is 10.2. The van der Waals surface area contributed by atoms with Crippen molar-refractivity contribution in [3.8, 4) is 12.3 Å². The number of hydrogen-bond acceptors (Lipinski definition) is 4. The van der Waals surface area contributed by atoms with E-state index in [1.807, 2.05) is 0 Å². The van der Waals surface area contributed by atoms with E-state index in [-0.39, 0.29) is 18.3 Å². The smallest absolute Gasteiger partial charge is 0.233 e. The largest absolute Gasteiger partial charge is 0.390 e. The normalized spacial score (nSPS) is 9.90. The summed E-state index contributed by atoms with van der Waals surface area (Å²) < 4.78 is 1.73. The number of rotatable bonds is 9. The second-order valence-electron chi connectivity index (χ2n) is 4.15. The Balaban J connectivity index is 2.71. The van der Waals surface area contributed by atoms with E-state index in [0.29, 0.717) is 30.5 Å².